The van der Waals surface area contributed by atoms with E-state index < -0.39 is 10.0 Å². The predicted molar refractivity (Wildman–Crippen MR) is 80.8 cm³/mol. The van der Waals surface area contributed by atoms with Crippen LogP contribution in [0.3, 0.4) is 0 Å². The first kappa shape index (κ1) is 15.8. The average Bonchev–Trinajstić information content (AvgIpc) is 2.35. The highest BCUT2D eigenvalue weighted by Gasteiger charge is 2.28. The molecule has 0 radical (unpaired) electrons. The van der Waals surface area contributed by atoms with Gasteiger partial charge in [0.1, 0.15) is 0 Å². The molecule has 116 valence electrons. The van der Waals surface area contributed by atoms with Crippen LogP contribution in [0, 0.1) is 0 Å². The van der Waals surface area contributed by atoms with Gasteiger partial charge in [0.25, 0.3) is 5.91 Å². The number of amides is 1. The van der Waals surface area contributed by atoms with Crippen molar-refractivity contribution in [3.8, 4) is 0 Å². The molecule has 6 nitrogen and oxygen atoms in total. The van der Waals surface area contributed by atoms with Crippen LogP contribution in [0.1, 0.15) is 24.2 Å². The first-order valence-electron chi connectivity index (χ1n) is 6.78. The van der Waals surface area contributed by atoms with Gasteiger partial charge in [0.2, 0.25) is 10.0 Å². The molecule has 0 bridgehead atoms. The van der Waals surface area contributed by atoms with Crippen molar-refractivity contribution < 1.29 is 17.9 Å². The van der Waals surface area contributed by atoms with Crippen LogP contribution in [-0.4, -0.2) is 50.8 Å². The minimum Gasteiger partial charge on any atom is -0.372 e. The molecular formula is C14H20N2O4S. The van der Waals surface area contributed by atoms with Gasteiger partial charge >= 0.3 is 0 Å². The van der Waals surface area contributed by atoms with Crippen LogP contribution in [0.2, 0.25) is 0 Å². The Labute approximate surface area is 125 Å². The largest absolute Gasteiger partial charge is 0.372 e. The molecule has 1 heterocycles. The summed E-state index contributed by atoms with van der Waals surface area (Å²) in [5.41, 5.74) is 0.654. The van der Waals surface area contributed by atoms with E-state index >= 15 is 0 Å². The quantitative estimate of drug-likeness (QED) is 0.913. The number of anilines is 1. The highest BCUT2D eigenvalue weighted by molar-refractivity contribution is 7.92. The predicted octanol–water partition coefficient (Wildman–Crippen LogP) is 1.31. The number of ether oxygens (including phenoxy) is 1. The Balaban J connectivity index is 2.27. The minimum atomic E-state index is -3.43. The van der Waals surface area contributed by atoms with Crippen molar-refractivity contribution >= 4 is 21.6 Å². The van der Waals surface area contributed by atoms with E-state index in [1.807, 2.05) is 13.8 Å². The van der Waals surface area contributed by atoms with Gasteiger partial charge in [-0.25, -0.2) is 8.42 Å². The van der Waals surface area contributed by atoms with Crippen LogP contribution < -0.4 is 4.72 Å². The maximum Gasteiger partial charge on any atom is 0.256 e. The Morgan fingerprint density at radius 1 is 1.24 bits per heavy atom. The van der Waals surface area contributed by atoms with Gasteiger partial charge in [-0.1, -0.05) is 12.1 Å². The number of hydrogen-bond acceptors (Lipinski definition) is 4. The molecule has 0 spiro atoms. The molecule has 1 aliphatic rings. The number of hydrogen-bond donors (Lipinski definition) is 1. The van der Waals surface area contributed by atoms with Gasteiger partial charge in [-0.3, -0.25) is 9.52 Å². The minimum absolute atomic E-state index is 0.0345. The molecule has 1 amide bonds. The summed E-state index contributed by atoms with van der Waals surface area (Å²) in [5.74, 6) is -0.191. The highest BCUT2D eigenvalue weighted by atomic mass is 32.2. The smallest absolute Gasteiger partial charge is 0.256 e. The molecule has 2 rings (SSSR count). The zero-order chi connectivity index (χ0) is 15.6. The van der Waals surface area contributed by atoms with E-state index in [-0.39, 0.29) is 18.1 Å². The van der Waals surface area contributed by atoms with Crippen LogP contribution in [0.15, 0.2) is 24.3 Å². The third-order valence-electron chi connectivity index (χ3n) is 3.16. The van der Waals surface area contributed by atoms with Gasteiger partial charge in [-0.15, -0.1) is 0 Å². The second-order valence-corrected chi connectivity index (χ2v) is 7.14. The van der Waals surface area contributed by atoms with E-state index in [0.717, 1.165) is 6.26 Å². The van der Waals surface area contributed by atoms with Gasteiger partial charge in [0, 0.05) is 13.1 Å². The summed E-state index contributed by atoms with van der Waals surface area (Å²) in [6.07, 6.45) is 0.994. The Hall–Kier alpha value is -1.60. The fraction of sp³-hybridized carbons (Fsp3) is 0.500. The lowest BCUT2D eigenvalue weighted by molar-refractivity contribution is -0.0585. The Morgan fingerprint density at radius 3 is 2.38 bits per heavy atom. The normalized spacial score (nSPS) is 22.9. The summed E-state index contributed by atoms with van der Waals surface area (Å²) in [7, 11) is -3.43. The molecule has 7 heteroatoms. The maximum absolute atomic E-state index is 12.6. The summed E-state index contributed by atoms with van der Waals surface area (Å²) in [6.45, 7) is 4.82. The Morgan fingerprint density at radius 2 is 1.81 bits per heavy atom. The second-order valence-electron chi connectivity index (χ2n) is 5.39. The molecule has 0 aromatic heterocycles. The van der Waals surface area contributed by atoms with Crippen molar-refractivity contribution in [3.63, 3.8) is 0 Å². The molecule has 21 heavy (non-hydrogen) atoms. The third-order valence-corrected chi connectivity index (χ3v) is 3.75. The number of nitrogens with zero attached hydrogens (tertiary/aromatic N) is 1. The standard InChI is InChI=1S/C14H20N2O4S/c1-10-8-16(9-11(2)20-10)14(17)12-6-4-5-7-13(12)15-21(3,18)19/h4-7,10-11,15H,8-9H2,1-3H3. The van der Waals surface area contributed by atoms with Gasteiger partial charge in [0.05, 0.1) is 29.7 Å². The monoisotopic (exact) mass is 312 g/mol. The molecule has 1 N–H and O–H groups in total. The molecule has 2 unspecified atom stereocenters. The Bertz CT molecular complexity index is 620. The van der Waals surface area contributed by atoms with Crippen LogP contribution in [0.25, 0.3) is 0 Å². The molecule has 1 aromatic rings. The number of sulfonamides is 1. The van der Waals surface area contributed by atoms with Crippen molar-refractivity contribution in [1.29, 1.82) is 0 Å². The second kappa shape index (κ2) is 6.03. The van der Waals surface area contributed by atoms with Crippen LogP contribution in [-0.2, 0) is 14.8 Å². The van der Waals surface area contributed by atoms with Gasteiger partial charge in [0.15, 0.2) is 0 Å². The van der Waals surface area contributed by atoms with Crippen LogP contribution >= 0.6 is 0 Å². The SMILES string of the molecule is CC1CN(C(=O)c2ccccc2NS(C)(=O)=O)CC(C)O1. The van der Waals surface area contributed by atoms with E-state index in [1.54, 1.807) is 29.2 Å². The number of carbonyl (C=O) groups excluding carboxylic acids is 1. The lowest BCUT2D eigenvalue weighted by Gasteiger charge is -2.35. The van der Waals surface area contributed by atoms with E-state index in [0.29, 0.717) is 24.3 Å². The summed E-state index contributed by atoms with van der Waals surface area (Å²) in [6, 6.07) is 6.62. The van der Waals surface area contributed by atoms with Crippen molar-refractivity contribution in [2.24, 2.45) is 0 Å². The summed E-state index contributed by atoms with van der Waals surface area (Å²) >= 11 is 0. The zero-order valence-corrected chi connectivity index (χ0v) is 13.2. The van der Waals surface area contributed by atoms with E-state index in [9.17, 15) is 13.2 Å². The lowest BCUT2D eigenvalue weighted by Crippen LogP contribution is -2.48. The van der Waals surface area contributed by atoms with Gasteiger partial charge < -0.3 is 9.64 Å². The average molecular weight is 312 g/mol. The summed E-state index contributed by atoms with van der Waals surface area (Å²) in [4.78, 5) is 14.3. The zero-order valence-electron chi connectivity index (χ0n) is 12.4. The number of rotatable bonds is 3. The van der Waals surface area contributed by atoms with E-state index in [1.165, 1.54) is 0 Å². The fourth-order valence-corrected chi connectivity index (χ4v) is 3.05. The molecular weight excluding hydrogens is 292 g/mol. The van der Waals surface area contributed by atoms with E-state index in [2.05, 4.69) is 4.72 Å². The van der Waals surface area contributed by atoms with Crippen LogP contribution in [0.5, 0.6) is 0 Å². The molecule has 2 atom stereocenters. The maximum atomic E-state index is 12.6. The number of nitrogens with one attached hydrogen (secondary N) is 1. The first-order chi connectivity index (χ1) is 9.76. The van der Waals surface area contributed by atoms with Gasteiger partial charge in [-0.05, 0) is 26.0 Å². The molecule has 0 saturated carbocycles. The topological polar surface area (TPSA) is 75.7 Å². The third kappa shape index (κ3) is 4.18. The number of para-hydroxylation sites is 1. The molecule has 1 saturated heterocycles. The number of benzene rings is 1. The lowest BCUT2D eigenvalue weighted by atomic mass is 10.1. The van der Waals surface area contributed by atoms with Crippen molar-refractivity contribution in [1.82, 2.24) is 4.90 Å². The molecule has 1 fully saturated rings. The van der Waals surface area contributed by atoms with Crippen molar-refractivity contribution in [2.75, 3.05) is 24.1 Å². The van der Waals surface area contributed by atoms with E-state index in [4.69, 9.17) is 4.74 Å². The highest BCUT2D eigenvalue weighted by Crippen LogP contribution is 2.21. The molecule has 1 aliphatic heterocycles. The molecule has 0 aliphatic carbocycles. The fourth-order valence-electron chi connectivity index (χ4n) is 2.47. The number of carbonyl (C=O) groups is 1. The molecule has 1 aromatic carbocycles. The van der Waals surface area contributed by atoms with Crippen molar-refractivity contribution in [3.05, 3.63) is 29.8 Å². The Kier molecular flexibility index (Phi) is 4.53. The number of morpholine rings is 1. The first-order valence-corrected chi connectivity index (χ1v) is 8.67. The summed E-state index contributed by atoms with van der Waals surface area (Å²) in [5, 5.41) is 0. The summed E-state index contributed by atoms with van der Waals surface area (Å²) < 4.78 is 30.8. The van der Waals surface area contributed by atoms with Crippen LogP contribution in [0.4, 0.5) is 5.69 Å². The van der Waals surface area contributed by atoms with Gasteiger partial charge in [-0.2, -0.15) is 0 Å². The van der Waals surface area contributed by atoms with Crippen molar-refractivity contribution in [2.45, 2.75) is 26.1 Å².